The van der Waals surface area contributed by atoms with Crippen molar-refractivity contribution in [2.75, 3.05) is 0 Å². The summed E-state index contributed by atoms with van der Waals surface area (Å²) >= 11 is 0. The highest BCUT2D eigenvalue weighted by atomic mass is 16.4. The maximum atomic E-state index is 11.7. The van der Waals surface area contributed by atoms with Gasteiger partial charge in [-0.25, -0.2) is 4.79 Å². The number of carbonyl (C=O) groups excluding carboxylic acids is 1. The van der Waals surface area contributed by atoms with E-state index in [0.717, 1.165) is 0 Å². The summed E-state index contributed by atoms with van der Waals surface area (Å²) in [4.78, 5) is 22.9. The molecule has 0 saturated carbocycles. The Morgan fingerprint density at radius 1 is 1.29 bits per heavy atom. The molecule has 0 aromatic heterocycles. The number of hydrogen-bond donors (Lipinski definition) is 5. The topological polar surface area (TPSA) is 133 Å². The summed E-state index contributed by atoms with van der Waals surface area (Å²) in [7, 11) is 0. The summed E-state index contributed by atoms with van der Waals surface area (Å²) in [5.41, 5.74) is 5.45. The van der Waals surface area contributed by atoms with Gasteiger partial charge in [0.25, 0.3) is 0 Å². The fourth-order valence-corrected chi connectivity index (χ4v) is 1.79. The number of carboxylic acids is 1. The van der Waals surface area contributed by atoms with Gasteiger partial charge in [-0.05, 0) is 31.5 Å². The van der Waals surface area contributed by atoms with Gasteiger partial charge in [-0.3, -0.25) is 4.79 Å². The van der Waals surface area contributed by atoms with Crippen LogP contribution in [-0.4, -0.2) is 38.8 Å². The van der Waals surface area contributed by atoms with Gasteiger partial charge >= 0.3 is 5.97 Å². The number of benzene rings is 1. The number of carboxylic acid groups (broad SMARTS) is 1. The van der Waals surface area contributed by atoms with Crippen LogP contribution in [0.4, 0.5) is 0 Å². The van der Waals surface area contributed by atoms with Crippen molar-refractivity contribution in [3.05, 3.63) is 23.8 Å². The molecule has 1 aromatic carbocycles. The number of carbonyl (C=O) groups is 2. The maximum Gasteiger partial charge on any atom is 0.326 e. The number of nitrogens with one attached hydrogen (secondary N) is 1. The predicted octanol–water partition coefficient (Wildman–Crippen LogP) is 0.337. The van der Waals surface area contributed by atoms with Crippen LogP contribution in [0.1, 0.15) is 25.8 Å². The minimum Gasteiger partial charge on any atom is -0.504 e. The average Bonchev–Trinajstić information content (AvgIpc) is 2.30. The number of nitrogens with two attached hydrogens (primary N) is 1. The van der Waals surface area contributed by atoms with Crippen LogP contribution >= 0.6 is 0 Å². The molecule has 116 valence electrons. The van der Waals surface area contributed by atoms with Crippen LogP contribution in [-0.2, 0) is 16.0 Å². The fraction of sp³-hybridized carbons (Fsp3) is 0.429. The Balaban J connectivity index is 2.76. The van der Waals surface area contributed by atoms with E-state index in [9.17, 15) is 19.8 Å². The average molecular weight is 296 g/mol. The highest BCUT2D eigenvalue weighted by Gasteiger charge is 2.23. The van der Waals surface area contributed by atoms with Crippen molar-refractivity contribution in [1.82, 2.24) is 5.32 Å². The van der Waals surface area contributed by atoms with E-state index in [4.69, 9.17) is 10.8 Å². The first kappa shape index (κ1) is 16.8. The molecule has 0 radical (unpaired) electrons. The summed E-state index contributed by atoms with van der Waals surface area (Å²) in [5.74, 6) is -2.28. The lowest BCUT2D eigenvalue weighted by Crippen LogP contribution is -2.46. The Morgan fingerprint density at radius 2 is 1.90 bits per heavy atom. The van der Waals surface area contributed by atoms with E-state index in [-0.39, 0.29) is 24.3 Å². The van der Waals surface area contributed by atoms with Gasteiger partial charge in [0.1, 0.15) is 6.04 Å². The minimum absolute atomic E-state index is 0.00237. The lowest BCUT2D eigenvalue weighted by molar-refractivity contribution is -0.141. The Hall–Kier alpha value is -2.28. The molecule has 1 atom stereocenters. The highest BCUT2D eigenvalue weighted by molar-refractivity contribution is 5.84. The second-order valence-corrected chi connectivity index (χ2v) is 5.65. The van der Waals surface area contributed by atoms with E-state index in [1.54, 1.807) is 13.8 Å². The Labute approximate surface area is 122 Å². The number of phenolic OH excluding ortho intramolecular Hbond substituents is 2. The number of rotatable bonds is 6. The van der Waals surface area contributed by atoms with E-state index < -0.39 is 23.5 Å². The number of phenols is 2. The third-order valence-electron chi connectivity index (χ3n) is 2.73. The van der Waals surface area contributed by atoms with E-state index in [2.05, 4.69) is 5.32 Å². The summed E-state index contributed by atoms with van der Waals surface area (Å²) in [6, 6.07) is 2.85. The van der Waals surface area contributed by atoms with Gasteiger partial charge in [-0.15, -0.1) is 0 Å². The normalized spacial score (nSPS) is 12.7. The van der Waals surface area contributed by atoms with Crippen LogP contribution < -0.4 is 11.1 Å². The standard InChI is InChI=1S/C14H20N2O5/c1-14(2,15)7-12(19)16-9(13(20)21)5-8-3-4-10(17)11(18)6-8/h3-4,6,9,17-18H,5,7,15H2,1-2H3,(H,16,19)(H,20,21). The zero-order valence-electron chi connectivity index (χ0n) is 12.0. The van der Waals surface area contributed by atoms with Gasteiger partial charge < -0.3 is 26.4 Å². The largest absolute Gasteiger partial charge is 0.504 e. The van der Waals surface area contributed by atoms with Crippen LogP contribution in [0.5, 0.6) is 11.5 Å². The lowest BCUT2D eigenvalue weighted by atomic mass is 10.0. The maximum absolute atomic E-state index is 11.7. The van der Waals surface area contributed by atoms with Crippen molar-refractivity contribution < 1.29 is 24.9 Å². The van der Waals surface area contributed by atoms with Crippen molar-refractivity contribution in [3.63, 3.8) is 0 Å². The highest BCUT2D eigenvalue weighted by Crippen LogP contribution is 2.25. The smallest absolute Gasteiger partial charge is 0.326 e. The molecule has 0 aliphatic heterocycles. The molecule has 1 unspecified atom stereocenters. The van der Waals surface area contributed by atoms with E-state index in [1.165, 1.54) is 18.2 Å². The minimum atomic E-state index is -1.19. The molecule has 0 aliphatic rings. The van der Waals surface area contributed by atoms with Gasteiger partial charge in [-0.1, -0.05) is 6.07 Å². The van der Waals surface area contributed by atoms with Gasteiger partial charge in [0.2, 0.25) is 5.91 Å². The number of aromatic hydroxyl groups is 2. The predicted molar refractivity (Wildman–Crippen MR) is 75.9 cm³/mol. The molecule has 1 aromatic rings. The first-order chi connectivity index (χ1) is 9.58. The van der Waals surface area contributed by atoms with Crippen molar-refractivity contribution >= 4 is 11.9 Å². The molecule has 0 aliphatic carbocycles. The molecule has 7 nitrogen and oxygen atoms in total. The van der Waals surface area contributed by atoms with Crippen molar-refractivity contribution in [3.8, 4) is 11.5 Å². The van der Waals surface area contributed by atoms with Crippen molar-refractivity contribution in [2.45, 2.75) is 38.3 Å². The first-order valence-electron chi connectivity index (χ1n) is 6.40. The SMILES string of the molecule is CC(C)(N)CC(=O)NC(Cc1ccc(O)c(O)c1)C(=O)O. The molecule has 0 spiro atoms. The first-order valence-corrected chi connectivity index (χ1v) is 6.40. The molecule has 1 rings (SSSR count). The summed E-state index contributed by atoms with van der Waals surface area (Å²) in [6.45, 7) is 3.33. The molecule has 1 amide bonds. The molecular formula is C14H20N2O5. The molecule has 0 heterocycles. The zero-order chi connectivity index (χ0) is 16.2. The van der Waals surface area contributed by atoms with Gasteiger partial charge in [0.15, 0.2) is 11.5 Å². The number of hydrogen-bond acceptors (Lipinski definition) is 5. The van der Waals surface area contributed by atoms with E-state index in [0.29, 0.717) is 5.56 Å². The second kappa shape index (κ2) is 6.45. The summed E-state index contributed by atoms with van der Waals surface area (Å²) < 4.78 is 0. The molecule has 0 saturated heterocycles. The summed E-state index contributed by atoms with van der Waals surface area (Å²) in [5, 5.41) is 30.1. The second-order valence-electron chi connectivity index (χ2n) is 5.65. The molecule has 0 fully saturated rings. The fourth-order valence-electron chi connectivity index (χ4n) is 1.79. The Kier molecular flexibility index (Phi) is 5.15. The third kappa shape index (κ3) is 5.70. The Bertz CT molecular complexity index is 537. The molecule has 21 heavy (non-hydrogen) atoms. The van der Waals surface area contributed by atoms with Crippen molar-refractivity contribution in [1.29, 1.82) is 0 Å². The molecule has 6 N–H and O–H groups in total. The quantitative estimate of drug-likeness (QED) is 0.481. The summed E-state index contributed by atoms with van der Waals surface area (Å²) in [6.07, 6.45) is -0.0163. The van der Waals surface area contributed by atoms with Gasteiger partial charge in [0.05, 0.1) is 0 Å². The number of aliphatic carboxylic acids is 1. The zero-order valence-corrected chi connectivity index (χ0v) is 12.0. The third-order valence-corrected chi connectivity index (χ3v) is 2.73. The van der Waals surface area contributed by atoms with Crippen LogP contribution in [0.3, 0.4) is 0 Å². The lowest BCUT2D eigenvalue weighted by Gasteiger charge is -2.20. The van der Waals surface area contributed by atoms with Crippen LogP contribution in [0.2, 0.25) is 0 Å². The van der Waals surface area contributed by atoms with Crippen LogP contribution in [0.25, 0.3) is 0 Å². The molecular weight excluding hydrogens is 276 g/mol. The number of amides is 1. The van der Waals surface area contributed by atoms with Gasteiger partial charge in [-0.2, -0.15) is 0 Å². The van der Waals surface area contributed by atoms with Crippen LogP contribution in [0, 0.1) is 0 Å². The molecule has 7 heteroatoms. The molecule has 0 bridgehead atoms. The van der Waals surface area contributed by atoms with Crippen molar-refractivity contribution in [2.24, 2.45) is 5.73 Å². The monoisotopic (exact) mass is 296 g/mol. The van der Waals surface area contributed by atoms with Gasteiger partial charge in [0, 0.05) is 18.4 Å². The van der Waals surface area contributed by atoms with E-state index >= 15 is 0 Å². The van der Waals surface area contributed by atoms with E-state index in [1.807, 2.05) is 0 Å². The Morgan fingerprint density at radius 3 is 2.38 bits per heavy atom. The van der Waals surface area contributed by atoms with Crippen LogP contribution in [0.15, 0.2) is 18.2 Å².